The highest BCUT2D eigenvalue weighted by Crippen LogP contribution is 2.31. The lowest BCUT2D eigenvalue weighted by Crippen LogP contribution is -2.68. The number of halogens is 6. The summed E-state index contributed by atoms with van der Waals surface area (Å²) in [6.07, 6.45) is -7.70. The number of hydrogen-bond acceptors (Lipinski definition) is 5. The standard InChI is InChI=1S/C22H21F6N3O4/c1-11-3-6-15(14(24)7-11)30-17-12(4-5-13(23)16(17)25)20(33)31-9-21(34,10-31)8-29-19(32)18(35-2)22(26,27)28/h3-7,18,30,34H,8-10H2,1-2H3,(H,29,32). The monoisotopic (exact) mass is 505 g/mol. The van der Waals surface area contributed by atoms with Crippen LogP contribution in [0.15, 0.2) is 30.3 Å². The summed E-state index contributed by atoms with van der Waals surface area (Å²) in [5.41, 5.74) is -2.40. The molecule has 1 fully saturated rings. The summed E-state index contributed by atoms with van der Waals surface area (Å²) in [4.78, 5) is 25.6. The third-order valence-corrected chi connectivity index (χ3v) is 5.33. The quantitative estimate of drug-likeness (QED) is 0.504. The van der Waals surface area contributed by atoms with Gasteiger partial charge in [0.1, 0.15) is 11.4 Å². The first-order valence-corrected chi connectivity index (χ1v) is 10.2. The van der Waals surface area contributed by atoms with Crippen LogP contribution in [0.25, 0.3) is 0 Å². The molecule has 3 rings (SSSR count). The maximum absolute atomic E-state index is 14.5. The maximum Gasteiger partial charge on any atom is 0.423 e. The lowest BCUT2D eigenvalue weighted by atomic mass is 9.92. The zero-order valence-corrected chi connectivity index (χ0v) is 18.5. The van der Waals surface area contributed by atoms with Crippen LogP contribution in [0, 0.1) is 24.4 Å². The summed E-state index contributed by atoms with van der Waals surface area (Å²) in [5, 5.41) is 14.7. The number of ether oxygens (including phenoxy) is 1. The first-order valence-electron chi connectivity index (χ1n) is 10.2. The number of methoxy groups -OCH3 is 1. The molecule has 1 saturated heterocycles. The number of nitrogens with one attached hydrogen (secondary N) is 2. The number of anilines is 2. The third-order valence-electron chi connectivity index (χ3n) is 5.33. The van der Waals surface area contributed by atoms with E-state index in [-0.39, 0.29) is 11.3 Å². The number of nitrogens with zero attached hydrogens (tertiary/aromatic N) is 1. The molecular formula is C22H21F6N3O4. The van der Waals surface area contributed by atoms with E-state index in [0.29, 0.717) is 18.7 Å². The van der Waals surface area contributed by atoms with Gasteiger partial charge in [0, 0.05) is 13.7 Å². The van der Waals surface area contributed by atoms with Crippen molar-refractivity contribution in [3.8, 4) is 0 Å². The first-order chi connectivity index (χ1) is 16.3. The van der Waals surface area contributed by atoms with Crippen molar-refractivity contribution in [2.45, 2.75) is 24.8 Å². The van der Waals surface area contributed by atoms with Crippen LogP contribution in [0.4, 0.5) is 37.7 Å². The van der Waals surface area contributed by atoms with Crippen LogP contribution in [0.5, 0.6) is 0 Å². The molecule has 0 saturated carbocycles. The fraction of sp³-hybridized carbons (Fsp3) is 0.364. The number of aliphatic hydroxyl groups is 1. The van der Waals surface area contributed by atoms with Gasteiger partial charge in [-0.1, -0.05) is 6.07 Å². The summed E-state index contributed by atoms with van der Waals surface area (Å²) in [6.45, 7) is 0.153. The van der Waals surface area contributed by atoms with Crippen molar-refractivity contribution in [2.24, 2.45) is 0 Å². The van der Waals surface area contributed by atoms with Crippen molar-refractivity contribution in [1.29, 1.82) is 0 Å². The molecule has 7 nitrogen and oxygen atoms in total. The van der Waals surface area contributed by atoms with Crippen molar-refractivity contribution >= 4 is 23.2 Å². The number of alkyl halides is 3. The second-order valence-electron chi connectivity index (χ2n) is 8.15. The average molecular weight is 505 g/mol. The Labute approximate surface area is 195 Å². The lowest BCUT2D eigenvalue weighted by Gasteiger charge is -2.46. The summed E-state index contributed by atoms with van der Waals surface area (Å²) >= 11 is 0. The Kier molecular flexibility index (Phi) is 7.31. The van der Waals surface area contributed by atoms with Crippen LogP contribution in [0.1, 0.15) is 15.9 Å². The molecule has 35 heavy (non-hydrogen) atoms. The van der Waals surface area contributed by atoms with E-state index < -0.39 is 72.5 Å². The number of benzene rings is 2. The Morgan fingerprint density at radius 2 is 1.80 bits per heavy atom. The number of hydrogen-bond donors (Lipinski definition) is 3. The number of carbonyl (C=O) groups is 2. The number of aryl methyl sites for hydroxylation is 1. The molecule has 0 spiro atoms. The molecule has 1 aliphatic rings. The van der Waals surface area contributed by atoms with E-state index in [2.05, 4.69) is 10.1 Å². The minimum Gasteiger partial charge on any atom is -0.384 e. The predicted molar refractivity (Wildman–Crippen MR) is 111 cm³/mol. The topological polar surface area (TPSA) is 90.9 Å². The number of likely N-dealkylation sites (tertiary alicyclic amines) is 1. The number of β-amino-alcohol motifs (C(OH)–C–C–N with tert-alkyl or cyclic N) is 1. The Morgan fingerprint density at radius 3 is 2.37 bits per heavy atom. The predicted octanol–water partition coefficient (Wildman–Crippen LogP) is 3.04. The van der Waals surface area contributed by atoms with Gasteiger partial charge in [-0.3, -0.25) is 9.59 Å². The highest BCUT2D eigenvalue weighted by molar-refractivity contribution is 6.01. The second-order valence-corrected chi connectivity index (χ2v) is 8.15. The number of rotatable bonds is 7. The number of carbonyl (C=O) groups excluding carboxylic acids is 2. The summed E-state index contributed by atoms with van der Waals surface area (Å²) < 4.78 is 85.0. The zero-order chi connectivity index (χ0) is 26.1. The molecule has 2 aromatic carbocycles. The van der Waals surface area contributed by atoms with E-state index in [4.69, 9.17) is 0 Å². The highest BCUT2D eigenvalue weighted by Gasteiger charge is 2.48. The fourth-order valence-corrected chi connectivity index (χ4v) is 3.53. The van der Waals surface area contributed by atoms with Gasteiger partial charge in [0.15, 0.2) is 11.6 Å². The van der Waals surface area contributed by atoms with Crippen molar-refractivity contribution in [3.63, 3.8) is 0 Å². The van der Waals surface area contributed by atoms with Crippen LogP contribution in [0.2, 0.25) is 0 Å². The van der Waals surface area contributed by atoms with Gasteiger partial charge in [-0.2, -0.15) is 13.2 Å². The van der Waals surface area contributed by atoms with E-state index in [1.807, 2.05) is 5.32 Å². The Bertz CT molecular complexity index is 1130. The van der Waals surface area contributed by atoms with Crippen LogP contribution in [0.3, 0.4) is 0 Å². The second kappa shape index (κ2) is 9.74. The van der Waals surface area contributed by atoms with Gasteiger partial charge in [-0.05, 0) is 36.8 Å². The summed E-state index contributed by atoms with van der Waals surface area (Å²) in [7, 11) is 0.701. The maximum atomic E-state index is 14.5. The van der Waals surface area contributed by atoms with Gasteiger partial charge < -0.3 is 25.4 Å². The highest BCUT2D eigenvalue weighted by atomic mass is 19.4. The van der Waals surface area contributed by atoms with Crippen LogP contribution in [-0.4, -0.2) is 66.4 Å². The van der Waals surface area contributed by atoms with Crippen LogP contribution >= 0.6 is 0 Å². The smallest absolute Gasteiger partial charge is 0.384 e. The van der Waals surface area contributed by atoms with E-state index in [9.17, 15) is 41.0 Å². The molecular weight excluding hydrogens is 484 g/mol. The van der Waals surface area contributed by atoms with Gasteiger partial charge in [-0.25, -0.2) is 13.2 Å². The van der Waals surface area contributed by atoms with Crippen molar-refractivity contribution in [1.82, 2.24) is 10.2 Å². The minimum absolute atomic E-state index is 0.214. The number of amides is 2. The normalized spacial score (nSPS) is 15.9. The van der Waals surface area contributed by atoms with E-state index in [0.717, 1.165) is 17.0 Å². The molecule has 1 aliphatic heterocycles. The van der Waals surface area contributed by atoms with Crippen LogP contribution in [-0.2, 0) is 9.53 Å². The van der Waals surface area contributed by atoms with Gasteiger partial charge in [-0.15, -0.1) is 0 Å². The molecule has 2 amide bonds. The zero-order valence-electron chi connectivity index (χ0n) is 18.5. The van der Waals surface area contributed by atoms with E-state index in [1.54, 1.807) is 6.92 Å². The summed E-state index contributed by atoms with van der Waals surface area (Å²) in [5.74, 6) is -5.88. The van der Waals surface area contributed by atoms with Gasteiger partial charge >= 0.3 is 6.18 Å². The lowest BCUT2D eigenvalue weighted by molar-refractivity contribution is -0.212. The molecule has 0 aromatic heterocycles. The molecule has 0 radical (unpaired) electrons. The molecule has 2 aromatic rings. The molecule has 0 aliphatic carbocycles. The Balaban J connectivity index is 1.72. The Hall–Kier alpha value is -3.32. The van der Waals surface area contributed by atoms with Gasteiger partial charge in [0.05, 0.1) is 30.0 Å². The van der Waals surface area contributed by atoms with Crippen molar-refractivity contribution in [2.75, 3.05) is 32.1 Å². The minimum atomic E-state index is -4.96. The van der Waals surface area contributed by atoms with E-state index >= 15 is 0 Å². The average Bonchev–Trinajstić information content (AvgIpc) is 2.74. The van der Waals surface area contributed by atoms with Gasteiger partial charge in [0.2, 0.25) is 6.10 Å². The van der Waals surface area contributed by atoms with Crippen molar-refractivity contribution < 1.29 is 45.8 Å². The van der Waals surface area contributed by atoms with Crippen molar-refractivity contribution in [3.05, 3.63) is 58.9 Å². The van der Waals surface area contributed by atoms with Gasteiger partial charge in [0.25, 0.3) is 11.8 Å². The third kappa shape index (κ3) is 5.68. The largest absolute Gasteiger partial charge is 0.423 e. The van der Waals surface area contributed by atoms with Crippen LogP contribution < -0.4 is 10.6 Å². The molecule has 3 N–H and O–H groups in total. The molecule has 1 unspecified atom stereocenters. The molecule has 1 heterocycles. The SMILES string of the molecule is COC(C(=O)NCC1(O)CN(C(=O)c2ccc(F)c(F)c2Nc2ccc(C)cc2F)C1)C(F)(F)F. The Morgan fingerprint density at radius 1 is 1.14 bits per heavy atom. The first kappa shape index (κ1) is 26.3. The molecule has 13 heteroatoms. The molecule has 190 valence electrons. The van der Waals surface area contributed by atoms with E-state index in [1.165, 1.54) is 12.1 Å². The fourth-order valence-electron chi connectivity index (χ4n) is 3.53. The molecule has 0 bridgehead atoms. The summed E-state index contributed by atoms with van der Waals surface area (Å²) in [6, 6.07) is 5.62. The molecule has 1 atom stereocenters.